The van der Waals surface area contributed by atoms with Crippen molar-refractivity contribution in [1.29, 1.82) is 0 Å². The maximum Gasteiger partial charge on any atom is 0.186 e. The summed E-state index contributed by atoms with van der Waals surface area (Å²) >= 11 is 0. The van der Waals surface area contributed by atoms with Crippen LogP contribution in [-0.4, -0.2) is 43.0 Å². The van der Waals surface area contributed by atoms with Crippen LogP contribution in [0.15, 0.2) is 18.2 Å². The molecule has 1 aliphatic heterocycles. The van der Waals surface area contributed by atoms with Crippen molar-refractivity contribution in [3.63, 3.8) is 0 Å². The predicted molar refractivity (Wildman–Crippen MR) is 80.4 cm³/mol. The van der Waals surface area contributed by atoms with E-state index in [-0.39, 0.29) is 6.04 Å². The molecule has 1 saturated heterocycles. The van der Waals surface area contributed by atoms with Gasteiger partial charge in [-0.25, -0.2) is 4.68 Å². The van der Waals surface area contributed by atoms with Crippen molar-refractivity contribution < 1.29 is 8.95 Å². The molecule has 7 nitrogen and oxygen atoms in total. The van der Waals surface area contributed by atoms with Crippen LogP contribution in [0.25, 0.3) is 11.4 Å². The maximum absolute atomic E-state index is 11.5. The van der Waals surface area contributed by atoms with E-state index in [0.29, 0.717) is 28.8 Å². The van der Waals surface area contributed by atoms with Gasteiger partial charge in [0.25, 0.3) is 0 Å². The number of ether oxygens (including phenoxy) is 1. The quantitative estimate of drug-likeness (QED) is 0.850. The van der Waals surface area contributed by atoms with Gasteiger partial charge in [-0.2, -0.15) is 0 Å². The molecule has 2 heterocycles. The van der Waals surface area contributed by atoms with Gasteiger partial charge in [0.2, 0.25) is 0 Å². The van der Waals surface area contributed by atoms with Crippen LogP contribution >= 0.6 is 0 Å². The standard InChI is InChI=1S/C13H17N5O2S/c1-20-12-3-2-9(14)8-11(12)13-15-16-17-18(13)10-4-6-21(19)7-5-10/h2-3,8,10H,4-7,14H2,1H3. The van der Waals surface area contributed by atoms with E-state index < -0.39 is 10.8 Å². The number of aromatic nitrogens is 4. The lowest BCUT2D eigenvalue weighted by molar-refractivity contribution is 0.406. The number of nitrogens with two attached hydrogens (primary N) is 1. The van der Waals surface area contributed by atoms with E-state index in [9.17, 15) is 4.21 Å². The lowest BCUT2D eigenvalue weighted by Crippen LogP contribution is -2.23. The molecule has 3 rings (SSSR count). The molecule has 0 amide bonds. The van der Waals surface area contributed by atoms with Crippen molar-refractivity contribution in [1.82, 2.24) is 20.2 Å². The monoisotopic (exact) mass is 307 g/mol. The van der Waals surface area contributed by atoms with Gasteiger partial charge >= 0.3 is 0 Å². The molecular weight excluding hydrogens is 290 g/mol. The minimum Gasteiger partial charge on any atom is -0.496 e. The third-order valence-electron chi connectivity index (χ3n) is 3.66. The molecule has 2 N–H and O–H groups in total. The summed E-state index contributed by atoms with van der Waals surface area (Å²) in [4.78, 5) is 0. The van der Waals surface area contributed by atoms with Gasteiger partial charge in [0.15, 0.2) is 5.82 Å². The number of tetrazole rings is 1. The topological polar surface area (TPSA) is 95.9 Å². The first kappa shape index (κ1) is 14.0. The first-order chi connectivity index (χ1) is 10.2. The first-order valence-electron chi connectivity index (χ1n) is 6.76. The lowest BCUT2D eigenvalue weighted by atomic mass is 10.1. The lowest BCUT2D eigenvalue weighted by Gasteiger charge is -2.22. The van der Waals surface area contributed by atoms with E-state index in [1.54, 1.807) is 23.9 Å². The molecule has 21 heavy (non-hydrogen) atoms. The number of nitrogens with zero attached hydrogens (tertiary/aromatic N) is 4. The van der Waals surface area contributed by atoms with Crippen molar-refractivity contribution in [2.75, 3.05) is 24.3 Å². The molecule has 0 saturated carbocycles. The van der Waals surface area contributed by atoms with Crippen LogP contribution in [0.2, 0.25) is 0 Å². The molecule has 2 aromatic rings. The van der Waals surface area contributed by atoms with E-state index in [1.807, 2.05) is 6.07 Å². The van der Waals surface area contributed by atoms with Gasteiger partial charge in [0, 0.05) is 28.0 Å². The zero-order chi connectivity index (χ0) is 14.8. The van der Waals surface area contributed by atoms with Gasteiger partial charge in [-0.05, 0) is 41.5 Å². The highest BCUT2D eigenvalue weighted by Crippen LogP contribution is 2.33. The van der Waals surface area contributed by atoms with Crippen molar-refractivity contribution in [2.24, 2.45) is 0 Å². The molecule has 0 radical (unpaired) electrons. The third-order valence-corrected chi connectivity index (χ3v) is 5.04. The first-order valence-corrected chi connectivity index (χ1v) is 8.24. The molecular formula is C13H17N5O2S. The number of hydrogen-bond donors (Lipinski definition) is 1. The second-order valence-corrected chi connectivity index (χ2v) is 6.68. The van der Waals surface area contributed by atoms with E-state index in [2.05, 4.69) is 15.5 Å². The van der Waals surface area contributed by atoms with E-state index in [1.165, 1.54) is 0 Å². The van der Waals surface area contributed by atoms with Gasteiger partial charge in [0.1, 0.15) is 5.75 Å². The van der Waals surface area contributed by atoms with Crippen molar-refractivity contribution in [3.8, 4) is 17.1 Å². The SMILES string of the molecule is COc1ccc(N)cc1-c1nnnn1C1CCS(=O)CC1. The molecule has 0 unspecified atom stereocenters. The van der Waals surface area contributed by atoms with Gasteiger partial charge in [-0.15, -0.1) is 5.10 Å². The molecule has 1 aromatic carbocycles. The number of methoxy groups -OCH3 is 1. The molecule has 0 aliphatic carbocycles. The molecule has 1 aromatic heterocycles. The Balaban J connectivity index is 1.99. The van der Waals surface area contributed by atoms with Crippen molar-refractivity contribution in [3.05, 3.63) is 18.2 Å². The molecule has 1 aliphatic rings. The minimum absolute atomic E-state index is 0.166. The van der Waals surface area contributed by atoms with Crippen LogP contribution in [-0.2, 0) is 10.8 Å². The number of nitrogen functional groups attached to an aromatic ring is 1. The Morgan fingerprint density at radius 1 is 1.38 bits per heavy atom. The van der Waals surface area contributed by atoms with E-state index in [4.69, 9.17) is 10.5 Å². The highest BCUT2D eigenvalue weighted by Gasteiger charge is 2.25. The largest absolute Gasteiger partial charge is 0.496 e. The normalized spacial score (nSPS) is 22.1. The summed E-state index contributed by atoms with van der Waals surface area (Å²) < 4.78 is 18.7. The molecule has 8 heteroatoms. The molecule has 112 valence electrons. The fraction of sp³-hybridized carbons (Fsp3) is 0.462. The van der Waals surface area contributed by atoms with Gasteiger partial charge in [0.05, 0.1) is 18.7 Å². The second-order valence-electron chi connectivity index (χ2n) is 4.99. The Morgan fingerprint density at radius 2 is 2.14 bits per heavy atom. The van der Waals surface area contributed by atoms with E-state index in [0.717, 1.165) is 18.4 Å². The number of rotatable bonds is 3. The fourth-order valence-corrected chi connectivity index (χ4v) is 3.82. The Bertz CT molecular complexity index is 662. The summed E-state index contributed by atoms with van der Waals surface area (Å²) in [5.74, 6) is 2.70. The minimum atomic E-state index is -0.710. The smallest absolute Gasteiger partial charge is 0.186 e. The van der Waals surface area contributed by atoms with Crippen LogP contribution in [0.3, 0.4) is 0 Å². The fourth-order valence-electron chi connectivity index (χ4n) is 2.54. The van der Waals surface area contributed by atoms with E-state index >= 15 is 0 Å². The highest BCUT2D eigenvalue weighted by molar-refractivity contribution is 7.85. The van der Waals surface area contributed by atoms with Crippen molar-refractivity contribution in [2.45, 2.75) is 18.9 Å². The highest BCUT2D eigenvalue weighted by atomic mass is 32.2. The zero-order valence-corrected chi connectivity index (χ0v) is 12.5. The number of hydrogen-bond acceptors (Lipinski definition) is 6. The summed E-state index contributed by atoms with van der Waals surface area (Å²) in [6.45, 7) is 0. The van der Waals surface area contributed by atoms with Crippen LogP contribution < -0.4 is 10.5 Å². The van der Waals surface area contributed by atoms with Gasteiger partial charge in [-0.3, -0.25) is 4.21 Å². The number of anilines is 1. The van der Waals surface area contributed by atoms with Crippen LogP contribution in [0.4, 0.5) is 5.69 Å². The Morgan fingerprint density at radius 3 is 2.86 bits per heavy atom. The van der Waals surface area contributed by atoms with Crippen LogP contribution in [0.1, 0.15) is 18.9 Å². The number of benzene rings is 1. The van der Waals surface area contributed by atoms with Crippen LogP contribution in [0, 0.1) is 0 Å². The summed E-state index contributed by atoms with van der Waals surface area (Å²) in [6, 6.07) is 5.56. The summed E-state index contributed by atoms with van der Waals surface area (Å²) in [6.07, 6.45) is 1.63. The predicted octanol–water partition coefficient (Wildman–Crippen LogP) is 1.01. The maximum atomic E-state index is 11.5. The molecule has 1 fully saturated rings. The van der Waals surface area contributed by atoms with Crippen molar-refractivity contribution >= 4 is 16.5 Å². The molecule has 0 atom stereocenters. The Hall–Kier alpha value is -1.96. The Labute approximate surface area is 124 Å². The third kappa shape index (κ3) is 2.76. The average Bonchev–Trinajstić information content (AvgIpc) is 2.97. The molecule has 0 bridgehead atoms. The zero-order valence-electron chi connectivity index (χ0n) is 11.7. The second kappa shape index (κ2) is 5.80. The molecule has 0 spiro atoms. The van der Waals surface area contributed by atoms with Gasteiger partial charge in [-0.1, -0.05) is 0 Å². The average molecular weight is 307 g/mol. The summed E-state index contributed by atoms with van der Waals surface area (Å²) in [5, 5.41) is 12.0. The van der Waals surface area contributed by atoms with Gasteiger partial charge < -0.3 is 10.5 Å². The summed E-state index contributed by atoms with van der Waals surface area (Å²) in [7, 11) is 0.894. The Kier molecular flexibility index (Phi) is 3.87. The van der Waals surface area contributed by atoms with Crippen LogP contribution in [0.5, 0.6) is 5.75 Å². The summed E-state index contributed by atoms with van der Waals surface area (Å²) in [5.41, 5.74) is 7.26.